The van der Waals surface area contributed by atoms with Crippen LogP contribution in [0.1, 0.15) is 50.5 Å². The van der Waals surface area contributed by atoms with Gasteiger partial charge in [0.2, 0.25) is 11.8 Å². The summed E-state index contributed by atoms with van der Waals surface area (Å²) < 4.78 is 0. The van der Waals surface area contributed by atoms with Crippen molar-refractivity contribution in [1.29, 1.82) is 0 Å². The number of hydrogen-bond donors (Lipinski definition) is 0. The molecule has 0 spiro atoms. The molecule has 1 aromatic carbocycles. The van der Waals surface area contributed by atoms with E-state index in [-0.39, 0.29) is 23.9 Å². The van der Waals surface area contributed by atoms with Gasteiger partial charge < -0.3 is 9.80 Å². The highest BCUT2D eigenvalue weighted by atomic mass is 16.6. The molecule has 0 atom stereocenters. The summed E-state index contributed by atoms with van der Waals surface area (Å²) in [6, 6.07) is 6.36. The molecule has 1 aliphatic carbocycles. The molecule has 2 aliphatic rings. The lowest BCUT2D eigenvalue weighted by atomic mass is 9.86. The van der Waals surface area contributed by atoms with Crippen LogP contribution in [0.25, 0.3) is 0 Å². The van der Waals surface area contributed by atoms with E-state index in [1.807, 2.05) is 4.90 Å². The minimum Gasteiger partial charge on any atom is -0.339 e. The quantitative estimate of drug-likeness (QED) is 0.554. The first kappa shape index (κ1) is 20.3. The topological polar surface area (TPSA) is 83.8 Å². The van der Waals surface area contributed by atoms with Crippen molar-refractivity contribution in [3.8, 4) is 0 Å². The SMILES string of the molecule is O=C(CCC1CCCCC1)N1CCN(C(=O)Cc2ccccc2[N+](=O)[O-])CC1. The maximum Gasteiger partial charge on any atom is 0.273 e. The third-order valence-corrected chi connectivity index (χ3v) is 6.01. The van der Waals surface area contributed by atoms with Gasteiger partial charge in [0.1, 0.15) is 0 Å². The van der Waals surface area contributed by atoms with Gasteiger partial charge in [-0.2, -0.15) is 0 Å². The van der Waals surface area contributed by atoms with Crippen LogP contribution in [0.2, 0.25) is 0 Å². The normalized spacial score (nSPS) is 18.1. The fourth-order valence-electron chi connectivity index (χ4n) is 4.28. The lowest BCUT2D eigenvalue weighted by Gasteiger charge is -2.35. The Balaban J connectivity index is 1.45. The zero-order valence-corrected chi connectivity index (χ0v) is 16.3. The number of carbonyl (C=O) groups excluding carboxylic acids is 2. The van der Waals surface area contributed by atoms with Crippen molar-refractivity contribution in [2.75, 3.05) is 26.2 Å². The Morgan fingerprint density at radius 3 is 2.21 bits per heavy atom. The summed E-state index contributed by atoms with van der Waals surface area (Å²) in [7, 11) is 0. The number of hydrogen-bond acceptors (Lipinski definition) is 4. The van der Waals surface area contributed by atoms with E-state index in [1.54, 1.807) is 23.1 Å². The lowest BCUT2D eigenvalue weighted by molar-refractivity contribution is -0.385. The second-order valence-corrected chi connectivity index (χ2v) is 7.87. The second-order valence-electron chi connectivity index (χ2n) is 7.87. The van der Waals surface area contributed by atoms with Gasteiger partial charge in [-0.05, 0) is 12.3 Å². The molecular weight excluding hydrogens is 358 g/mol. The molecular formula is C21H29N3O4. The zero-order chi connectivity index (χ0) is 19.9. The second kappa shape index (κ2) is 9.66. The highest BCUT2D eigenvalue weighted by molar-refractivity contribution is 5.81. The Morgan fingerprint density at radius 2 is 1.57 bits per heavy atom. The van der Waals surface area contributed by atoms with Crippen LogP contribution in [-0.2, 0) is 16.0 Å². The number of benzene rings is 1. The van der Waals surface area contributed by atoms with E-state index in [9.17, 15) is 19.7 Å². The van der Waals surface area contributed by atoms with Gasteiger partial charge in [-0.15, -0.1) is 0 Å². The minimum absolute atomic E-state index is 0.0206. The van der Waals surface area contributed by atoms with Crippen molar-refractivity contribution in [3.63, 3.8) is 0 Å². The highest BCUT2D eigenvalue weighted by Gasteiger charge is 2.26. The average molecular weight is 387 g/mol. The molecule has 1 aliphatic heterocycles. The zero-order valence-electron chi connectivity index (χ0n) is 16.3. The summed E-state index contributed by atoms with van der Waals surface area (Å²) in [5.41, 5.74) is 0.413. The number of nitro groups is 1. The number of nitrogens with zero attached hydrogens (tertiary/aromatic N) is 3. The largest absolute Gasteiger partial charge is 0.339 e. The monoisotopic (exact) mass is 387 g/mol. The van der Waals surface area contributed by atoms with Gasteiger partial charge in [0.25, 0.3) is 5.69 Å². The van der Waals surface area contributed by atoms with Gasteiger partial charge >= 0.3 is 0 Å². The lowest BCUT2D eigenvalue weighted by Crippen LogP contribution is -2.51. The molecule has 0 aromatic heterocycles. The molecule has 7 heteroatoms. The standard InChI is InChI=1S/C21H29N3O4/c25-20(11-10-17-6-2-1-3-7-17)22-12-14-23(15-13-22)21(26)16-18-8-4-5-9-19(18)24(27)28/h4-5,8-9,17H,1-3,6-7,10-16H2. The van der Waals surface area contributed by atoms with E-state index in [0.717, 1.165) is 6.42 Å². The van der Waals surface area contributed by atoms with Crippen molar-refractivity contribution in [2.45, 2.75) is 51.4 Å². The predicted molar refractivity (Wildman–Crippen MR) is 106 cm³/mol. The molecule has 2 fully saturated rings. The van der Waals surface area contributed by atoms with Crippen LogP contribution < -0.4 is 0 Å². The fourth-order valence-corrected chi connectivity index (χ4v) is 4.28. The number of nitro benzene ring substituents is 1. The van der Waals surface area contributed by atoms with Crippen LogP contribution in [0.3, 0.4) is 0 Å². The van der Waals surface area contributed by atoms with E-state index >= 15 is 0 Å². The molecule has 0 bridgehead atoms. The van der Waals surface area contributed by atoms with E-state index in [1.165, 1.54) is 38.2 Å². The third kappa shape index (κ3) is 5.30. The summed E-state index contributed by atoms with van der Waals surface area (Å²) in [4.78, 5) is 39.3. The molecule has 1 aromatic rings. The van der Waals surface area contributed by atoms with Crippen molar-refractivity contribution < 1.29 is 14.5 Å². The molecule has 1 heterocycles. The van der Waals surface area contributed by atoms with Gasteiger partial charge in [-0.25, -0.2) is 0 Å². The van der Waals surface area contributed by atoms with Gasteiger partial charge in [0, 0.05) is 44.2 Å². The minimum atomic E-state index is -0.453. The molecule has 7 nitrogen and oxygen atoms in total. The first-order valence-corrected chi connectivity index (χ1v) is 10.3. The van der Waals surface area contributed by atoms with E-state index < -0.39 is 4.92 Å². The van der Waals surface area contributed by atoms with Crippen molar-refractivity contribution in [1.82, 2.24) is 9.80 Å². The highest BCUT2D eigenvalue weighted by Crippen LogP contribution is 2.27. The summed E-state index contributed by atoms with van der Waals surface area (Å²) in [6.45, 7) is 2.08. The number of piperazine rings is 1. The molecule has 0 radical (unpaired) electrons. The molecule has 1 saturated heterocycles. The molecule has 1 saturated carbocycles. The molecule has 0 N–H and O–H groups in total. The van der Waals surface area contributed by atoms with Crippen molar-refractivity contribution in [3.05, 3.63) is 39.9 Å². The number of para-hydroxylation sites is 1. The Labute approximate surface area is 165 Å². The molecule has 152 valence electrons. The first-order valence-electron chi connectivity index (χ1n) is 10.3. The molecule has 2 amide bonds. The maximum atomic E-state index is 12.6. The van der Waals surface area contributed by atoms with Crippen LogP contribution >= 0.6 is 0 Å². The molecule has 28 heavy (non-hydrogen) atoms. The first-order chi connectivity index (χ1) is 13.5. The van der Waals surface area contributed by atoms with Gasteiger partial charge in [-0.3, -0.25) is 19.7 Å². The fraction of sp³-hybridized carbons (Fsp3) is 0.619. The number of amides is 2. The Kier molecular flexibility index (Phi) is 7.01. The molecule has 3 rings (SSSR count). The van der Waals surface area contributed by atoms with Gasteiger partial charge in [0.15, 0.2) is 0 Å². The molecule has 0 unspecified atom stereocenters. The van der Waals surface area contributed by atoms with E-state index in [4.69, 9.17) is 0 Å². The summed E-state index contributed by atoms with van der Waals surface area (Å²) in [5, 5.41) is 11.1. The van der Waals surface area contributed by atoms with Crippen LogP contribution in [0.4, 0.5) is 5.69 Å². The Hall–Kier alpha value is -2.44. The predicted octanol–water partition coefficient (Wildman–Crippen LogP) is 3.17. The summed E-state index contributed by atoms with van der Waals surface area (Å²) >= 11 is 0. The number of rotatable bonds is 6. The summed E-state index contributed by atoms with van der Waals surface area (Å²) in [6.07, 6.45) is 8.02. The smallest absolute Gasteiger partial charge is 0.273 e. The number of carbonyl (C=O) groups is 2. The maximum absolute atomic E-state index is 12.6. The van der Waals surface area contributed by atoms with Crippen molar-refractivity contribution >= 4 is 17.5 Å². The van der Waals surface area contributed by atoms with Crippen LogP contribution in [0.5, 0.6) is 0 Å². The van der Waals surface area contributed by atoms with Crippen LogP contribution in [0, 0.1) is 16.0 Å². The summed E-state index contributed by atoms with van der Waals surface area (Å²) in [5.74, 6) is 0.766. The van der Waals surface area contributed by atoms with Crippen LogP contribution in [0.15, 0.2) is 24.3 Å². The van der Waals surface area contributed by atoms with E-state index in [0.29, 0.717) is 44.1 Å². The van der Waals surface area contributed by atoms with Gasteiger partial charge in [-0.1, -0.05) is 50.3 Å². The van der Waals surface area contributed by atoms with Crippen LogP contribution in [-0.4, -0.2) is 52.7 Å². The third-order valence-electron chi connectivity index (χ3n) is 6.01. The Bertz CT molecular complexity index is 707. The van der Waals surface area contributed by atoms with Crippen molar-refractivity contribution in [2.24, 2.45) is 5.92 Å². The Morgan fingerprint density at radius 1 is 0.964 bits per heavy atom. The van der Waals surface area contributed by atoms with E-state index in [2.05, 4.69) is 0 Å². The van der Waals surface area contributed by atoms with Gasteiger partial charge in [0.05, 0.1) is 11.3 Å². The average Bonchev–Trinajstić information content (AvgIpc) is 2.73.